The molecule has 3 nitrogen and oxygen atoms in total. The zero-order valence-corrected chi connectivity index (χ0v) is 10.1. The van der Waals surface area contributed by atoms with Crippen LogP contribution in [-0.2, 0) is 11.1 Å². The predicted molar refractivity (Wildman–Crippen MR) is 40.1 cm³/mol. The first-order chi connectivity index (χ1) is 5.65. The summed E-state index contributed by atoms with van der Waals surface area (Å²) in [6.45, 7) is 0. The van der Waals surface area contributed by atoms with Crippen LogP contribution in [0.5, 0.6) is 5.75 Å². The number of halogens is 1. The number of hydrogen-bond donors (Lipinski definition) is 0. The molecule has 0 N–H and O–H groups in total. The molecule has 66 valence electrons. The van der Waals surface area contributed by atoms with Crippen LogP contribution in [0.2, 0.25) is 0 Å². The number of hydrogen-bond acceptors (Lipinski definition) is 3. The Kier molecular flexibility index (Phi) is 5.75. The van der Waals surface area contributed by atoms with E-state index in [9.17, 15) is 13.2 Å². The molecule has 0 spiro atoms. The van der Waals surface area contributed by atoms with E-state index in [0.29, 0.717) is 5.75 Å². The molecule has 0 saturated carbocycles. The van der Waals surface area contributed by atoms with Crippen LogP contribution in [-0.4, -0.2) is 15.9 Å². The molecule has 0 bridgehead atoms. The predicted octanol–water partition coefficient (Wildman–Crippen LogP) is -1.92. The van der Waals surface area contributed by atoms with E-state index in [1.807, 2.05) is 0 Å². The third-order valence-electron chi connectivity index (χ3n) is 1.32. The fourth-order valence-corrected chi connectivity index (χ4v) is 1.18. The van der Waals surface area contributed by atoms with Crippen LogP contribution >= 0.6 is 0 Å². The van der Waals surface area contributed by atoms with E-state index in [2.05, 4.69) is 0 Å². The molecule has 0 aliphatic rings. The van der Waals surface area contributed by atoms with Gasteiger partial charge in [-0.2, -0.15) is 0 Å². The number of benzene rings is 1. The van der Waals surface area contributed by atoms with E-state index in [4.69, 9.17) is 4.74 Å². The maximum absolute atomic E-state index is 12.7. The van der Waals surface area contributed by atoms with E-state index in [-0.39, 0.29) is 34.5 Å². The summed E-state index contributed by atoms with van der Waals surface area (Å²) in [5, 5.41) is 0. The van der Waals surface area contributed by atoms with Crippen molar-refractivity contribution in [1.82, 2.24) is 0 Å². The molecule has 1 atom stereocenters. The third-order valence-corrected chi connectivity index (χ3v) is 1.99. The SMILES string of the molecule is COc1ccc(F)c(S(=O)[O-])c1.[Na+]. The zero-order valence-electron chi connectivity index (χ0n) is 7.24. The van der Waals surface area contributed by atoms with Gasteiger partial charge in [0.1, 0.15) is 11.6 Å². The van der Waals surface area contributed by atoms with Crippen LogP contribution in [0, 0.1) is 5.82 Å². The van der Waals surface area contributed by atoms with Crippen LogP contribution in [0.3, 0.4) is 0 Å². The summed E-state index contributed by atoms with van der Waals surface area (Å²) in [6, 6.07) is 3.52. The average Bonchev–Trinajstić information content (AvgIpc) is 2.05. The Balaban J connectivity index is 0.00000144. The Bertz CT molecular complexity index is 319. The van der Waals surface area contributed by atoms with Crippen molar-refractivity contribution in [2.75, 3.05) is 7.11 Å². The first kappa shape index (κ1) is 13.1. The zero-order chi connectivity index (χ0) is 9.14. The van der Waals surface area contributed by atoms with Gasteiger partial charge in [0.15, 0.2) is 0 Å². The molecular weight excluding hydrogens is 206 g/mol. The summed E-state index contributed by atoms with van der Waals surface area (Å²) in [6.07, 6.45) is 0. The summed E-state index contributed by atoms with van der Waals surface area (Å²) in [5.74, 6) is -0.459. The van der Waals surface area contributed by atoms with E-state index < -0.39 is 16.9 Å². The van der Waals surface area contributed by atoms with Gasteiger partial charge < -0.3 is 9.29 Å². The molecule has 0 radical (unpaired) electrons. The van der Waals surface area contributed by atoms with Gasteiger partial charge in [-0.25, -0.2) is 4.39 Å². The van der Waals surface area contributed by atoms with Crippen molar-refractivity contribution in [2.24, 2.45) is 0 Å². The largest absolute Gasteiger partial charge is 1.00 e. The molecule has 1 aromatic carbocycles. The normalized spacial score (nSPS) is 11.6. The Morgan fingerprint density at radius 1 is 1.54 bits per heavy atom. The van der Waals surface area contributed by atoms with Gasteiger partial charge in [0.05, 0.1) is 12.0 Å². The summed E-state index contributed by atoms with van der Waals surface area (Å²) < 4.78 is 38.2. The Morgan fingerprint density at radius 2 is 2.15 bits per heavy atom. The second-order valence-corrected chi connectivity index (χ2v) is 2.94. The van der Waals surface area contributed by atoms with Crippen LogP contribution in [0.25, 0.3) is 0 Å². The average molecular weight is 212 g/mol. The molecule has 1 aromatic rings. The molecule has 1 unspecified atom stereocenters. The monoisotopic (exact) mass is 212 g/mol. The van der Waals surface area contributed by atoms with Crippen molar-refractivity contribution in [1.29, 1.82) is 0 Å². The van der Waals surface area contributed by atoms with Crippen LogP contribution in [0.4, 0.5) is 4.39 Å². The summed E-state index contributed by atoms with van der Waals surface area (Å²) in [7, 11) is 1.38. The van der Waals surface area contributed by atoms with Crippen LogP contribution < -0.4 is 34.3 Å². The number of rotatable bonds is 2. The first-order valence-corrected chi connectivity index (χ1v) is 4.15. The maximum atomic E-state index is 12.7. The molecule has 0 saturated heterocycles. The summed E-state index contributed by atoms with van der Waals surface area (Å²) in [4.78, 5) is -0.380. The summed E-state index contributed by atoms with van der Waals surface area (Å²) >= 11 is -2.56. The van der Waals surface area contributed by atoms with Crippen LogP contribution in [0.1, 0.15) is 0 Å². The molecule has 0 fully saturated rings. The number of ether oxygens (including phenoxy) is 1. The van der Waals surface area contributed by atoms with Crippen LogP contribution in [0.15, 0.2) is 23.1 Å². The van der Waals surface area contributed by atoms with Crippen molar-refractivity contribution in [3.05, 3.63) is 24.0 Å². The topological polar surface area (TPSA) is 49.4 Å². The Morgan fingerprint density at radius 3 is 2.62 bits per heavy atom. The van der Waals surface area contributed by atoms with Crippen molar-refractivity contribution < 1.29 is 47.4 Å². The Hall–Kier alpha value is 0.0600. The van der Waals surface area contributed by atoms with Gasteiger partial charge >= 0.3 is 29.6 Å². The molecule has 13 heavy (non-hydrogen) atoms. The van der Waals surface area contributed by atoms with Gasteiger partial charge in [-0.1, -0.05) is 0 Å². The minimum Gasteiger partial charge on any atom is -0.768 e. The van der Waals surface area contributed by atoms with Gasteiger partial charge in [0, 0.05) is 0 Å². The van der Waals surface area contributed by atoms with Crippen molar-refractivity contribution >= 4 is 11.1 Å². The van der Waals surface area contributed by atoms with Crippen molar-refractivity contribution in [2.45, 2.75) is 4.90 Å². The number of methoxy groups -OCH3 is 1. The molecule has 0 aliphatic carbocycles. The smallest absolute Gasteiger partial charge is 0.768 e. The fraction of sp³-hybridized carbons (Fsp3) is 0.143. The molecule has 0 aliphatic heterocycles. The molecule has 1 rings (SSSR count). The molecule has 0 amide bonds. The van der Waals surface area contributed by atoms with E-state index in [1.165, 1.54) is 13.2 Å². The second-order valence-electron chi connectivity index (χ2n) is 2.03. The van der Waals surface area contributed by atoms with Gasteiger partial charge in [-0.3, -0.25) is 4.21 Å². The standard InChI is InChI=1S/C7H7FO3S.Na/c1-11-5-2-3-6(8)7(4-5)12(9)10;/h2-4H,1H3,(H,9,10);/q;+1/p-1. The quantitative estimate of drug-likeness (QED) is 0.424. The molecule has 0 aromatic heterocycles. The van der Waals surface area contributed by atoms with Crippen molar-refractivity contribution in [3.8, 4) is 5.75 Å². The molecular formula is C7H6FNaO3S. The second kappa shape index (κ2) is 5.72. The Labute approximate surface area is 99.9 Å². The first-order valence-electron chi connectivity index (χ1n) is 3.08. The fourth-order valence-electron chi connectivity index (χ4n) is 0.738. The summed E-state index contributed by atoms with van der Waals surface area (Å²) in [5.41, 5.74) is 0. The van der Waals surface area contributed by atoms with E-state index in [0.717, 1.165) is 12.1 Å². The molecule has 6 heteroatoms. The van der Waals surface area contributed by atoms with Gasteiger partial charge in [-0.15, -0.1) is 0 Å². The van der Waals surface area contributed by atoms with E-state index >= 15 is 0 Å². The van der Waals surface area contributed by atoms with E-state index in [1.54, 1.807) is 0 Å². The third kappa shape index (κ3) is 3.36. The van der Waals surface area contributed by atoms with Gasteiger partial charge in [0.2, 0.25) is 0 Å². The minimum atomic E-state index is -2.56. The van der Waals surface area contributed by atoms with Crippen molar-refractivity contribution in [3.63, 3.8) is 0 Å². The van der Waals surface area contributed by atoms with Gasteiger partial charge in [-0.05, 0) is 29.3 Å². The molecule has 0 heterocycles. The van der Waals surface area contributed by atoms with Gasteiger partial charge in [0.25, 0.3) is 0 Å². The minimum absolute atomic E-state index is 0. The maximum Gasteiger partial charge on any atom is 1.00 e.